The molecule has 2 rings (SSSR count). The minimum atomic E-state index is -0.769. The smallest absolute Gasteiger partial charge is 0.269 e. The maximum Gasteiger partial charge on any atom is 0.269 e. The van der Waals surface area contributed by atoms with Crippen LogP contribution in [0, 0.1) is 10.1 Å². The van der Waals surface area contributed by atoms with Crippen molar-refractivity contribution in [3.8, 4) is 17.2 Å². The molecular formula is C15H15NO5. The second-order valence-corrected chi connectivity index (χ2v) is 4.40. The number of ether oxygens (including phenoxy) is 2. The summed E-state index contributed by atoms with van der Waals surface area (Å²) in [6, 6.07) is 10.9. The van der Waals surface area contributed by atoms with E-state index in [-0.39, 0.29) is 5.69 Å². The fraction of sp³-hybridized carbons (Fsp3) is 0.200. The van der Waals surface area contributed by atoms with Crippen molar-refractivity contribution in [2.75, 3.05) is 7.11 Å². The topological polar surface area (TPSA) is 81.8 Å². The van der Waals surface area contributed by atoms with Crippen LogP contribution in [0.2, 0.25) is 0 Å². The van der Waals surface area contributed by atoms with E-state index in [1.165, 1.54) is 31.4 Å². The zero-order valence-corrected chi connectivity index (χ0v) is 11.6. The number of hydrogen-bond acceptors (Lipinski definition) is 5. The number of nitrogens with zero attached hydrogens (tertiary/aromatic N) is 1. The number of methoxy groups -OCH3 is 1. The molecule has 6 nitrogen and oxygen atoms in total. The highest BCUT2D eigenvalue weighted by Crippen LogP contribution is 2.36. The molecule has 0 saturated heterocycles. The fourth-order valence-corrected chi connectivity index (χ4v) is 1.97. The third-order valence-corrected chi connectivity index (χ3v) is 2.94. The van der Waals surface area contributed by atoms with E-state index in [1.54, 1.807) is 25.1 Å². The molecule has 0 heterocycles. The van der Waals surface area contributed by atoms with Crippen LogP contribution in [-0.2, 0) is 0 Å². The van der Waals surface area contributed by atoms with Gasteiger partial charge in [-0.25, -0.2) is 0 Å². The number of aliphatic hydroxyl groups is 1. The predicted octanol–water partition coefficient (Wildman–Crippen LogP) is 3.45. The Morgan fingerprint density at radius 3 is 2.29 bits per heavy atom. The molecule has 0 bridgehead atoms. The van der Waals surface area contributed by atoms with E-state index in [0.717, 1.165) is 0 Å². The molecule has 0 spiro atoms. The van der Waals surface area contributed by atoms with Crippen LogP contribution in [0.3, 0.4) is 0 Å². The lowest BCUT2D eigenvalue weighted by Crippen LogP contribution is -2.00. The second kappa shape index (κ2) is 6.23. The highest BCUT2D eigenvalue weighted by Gasteiger charge is 2.16. The third-order valence-electron chi connectivity index (χ3n) is 2.94. The average molecular weight is 289 g/mol. The lowest BCUT2D eigenvalue weighted by atomic mass is 10.1. The molecule has 110 valence electrons. The van der Waals surface area contributed by atoms with Gasteiger partial charge in [-0.15, -0.1) is 0 Å². The van der Waals surface area contributed by atoms with E-state index in [2.05, 4.69) is 0 Å². The summed E-state index contributed by atoms with van der Waals surface area (Å²) in [5.74, 6) is 1.40. The lowest BCUT2D eigenvalue weighted by molar-refractivity contribution is -0.384. The molecule has 2 aromatic rings. The van der Waals surface area contributed by atoms with Crippen LogP contribution in [0.4, 0.5) is 5.69 Å². The number of hydrogen-bond donors (Lipinski definition) is 1. The SMILES string of the molecule is COc1cccc(Oc2ccc([N+](=O)[O-])cc2)c1[C@H](C)O. The van der Waals surface area contributed by atoms with Crippen LogP contribution in [0.15, 0.2) is 42.5 Å². The molecule has 0 aliphatic rings. The van der Waals surface area contributed by atoms with Gasteiger partial charge in [0.1, 0.15) is 17.2 Å². The third kappa shape index (κ3) is 3.29. The molecule has 1 atom stereocenters. The van der Waals surface area contributed by atoms with Gasteiger partial charge in [0.15, 0.2) is 0 Å². The first kappa shape index (κ1) is 14.8. The molecule has 0 aliphatic carbocycles. The summed E-state index contributed by atoms with van der Waals surface area (Å²) in [6.45, 7) is 1.61. The van der Waals surface area contributed by atoms with Gasteiger partial charge in [0.2, 0.25) is 0 Å². The molecule has 0 aromatic heterocycles. The maximum absolute atomic E-state index is 10.6. The van der Waals surface area contributed by atoms with Crippen LogP contribution in [0.25, 0.3) is 0 Å². The van der Waals surface area contributed by atoms with Crippen molar-refractivity contribution in [2.45, 2.75) is 13.0 Å². The Morgan fingerprint density at radius 2 is 1.76 bits per heavy atom. The normalized spacial score (nSPS) is 11.8. The molecule has 0 unspecified atom stereocenters. The standard InChI is InChI=1S/C15H15NO5/c1-10(17)15-13(20-2)4-3-5-14(15)21-12-8-6-11(7-9-12)16(18)19/h3-10,17H,1-2H3/t10-/m0/s1. The van der Waals surface area contributed by atoms with E-state index >= 15 is 0 Å². The minimum Gasteiger partial charge on any atom is -0.496 e. The zero-order valence-electron chi connectivity index (χ0n) is 11.6. The molecule has 0 amide bonds. The fourth-order valence-electron chi connectivity index (χ4n) is 1.97. The number of benzene rings is 2. The second-order valence-electron chi connectivity index (χ2n) is 4.40. The van der Waals surface area contributed by atoms with Gasteiger partial charge in [0.05, 0.1) is 23.7 Å². The Hall–Kier alpha value is -2.60. The number of non-ortho nitro benzene ring substituents is 1. The van der Waals surface area contributed by atoms with Crippen LogP contribution in [0.5, 0.6) is 17.2 Å². The first-order valence-corrected chi connectivity index (χ1v) is 6.30. The van der Waals surface area contributed by atoms with Gasteiger partial charge in [0.25, 0.3) is 5.69 Å². The van der Waals surface area contributed by atoms with Crippen molar-refractivity contribution in [2.24, 2.45) is 0 Å². The summed E-state index contributed by atoms with van der Waals surface area (Å²) in [5.41, 5.74) is 0.516. The van der Waals surface area contributed by atoms with Crippen LogP contribution >= 0.6 is 0 Å². The Kier molecular flexibility index (Phi) is 4.39. The molecule has 0 aliphatic heterocycles. The molecule has 0 saturated carbocycles. The van der Waals surface area contributed by atoms with Crippen molar-refractivity contribution < 1.29 is 19.5 Å². The van der Waals surface area contributed by atoms with Crippen LogP contribution in [0.1, 0.15) is 18.6 Å². The van der Waals surface area contributed by atoms with Crippen molar-refractivity contribution in [1.82, 2.24) is 0 Å². The molecule has 2 aromatic carbocycles. The Morgan fingerprint density at radius 1 is 1.14 bits per heavy atom. The van der Waals surface area contributed by atoms with Crippen molar-refractivity contribution in [1.29, 1.82) is 0 Å². The summed E-state index contributed by atoms with van der Waals surface area (Å²) in [4.78, 5) is 10.1. The van der Waals surface area contributed by atoms with E-state index in [9.17, 15) is 15.2 Å². The van der Waals surface area contributed by atoms with Gasteiger partial charge in [-0.3, -0.25) is 10.1 Å². The van der Waals surface area contributed by atoms with Gasteiger partial charge in [-0.1, -0.05) is 6.07 Å². The molecule has 21 heavy (non-hydrogen) atoms. The van der Waals surface area contributed by atoms with Gasteiger partial charge in [0, 0.05) is 12.1 Å². The summed E-state index contributed by atoms with van der Waals surface area (Å²) in [5, 5.41) is 20.5. The minimum absolute atomic E-state index is 0.0104. The highest BCUT2D eigenvalue weighted by atomic mass is 16.6. The summed E-state index contributed by atoms with van der Waals surface area (Å²) >= 11 is 0. The van der Waals surface area contributed by atoms with E-state index in [1.807, 2.05) is 0 Å². The summed E-state index contributed by atoms with van der Waals surface area (Å²) in [6.07, 6.45) is -0.769. The average Bonchev–Trinajstić information content (AvgIpc) is 2.47. The summed E-state index contributed by atoms with van der Waals surface area (Å²) in [7, 11) is 1.51. The van der Waals surface area contributed by atoms with Crippen LogP contribution < -0.4 is 9.47 Å². The van der Waals surface area contributed by atoms with Gasteiger partial charge < -0.3 is 14.6 Å². The Bertz CT molecular complexity index is 637. The molecule has 6 heteroatoms. The number of nitro groups is 1. The van der Waals surface area contributed by atoms with Crippen molar-refractivity contribution in [3.05, 3.63) is 58.1 Å². The zero-order chi connectivity index (χ0) is 15.4. The molecular weight excluding hydrogens is 274 g/mol. The largest absolute Gasteiger partial charge is 0.496 e. The first-order valence-electron chi connectivity index (χ1n) is 6.30. The maximum atomic E-state index is 10.6. The lowest BCUT2D eigenvalue weighted by Gasteiger charge is -2.16. The molecule has 0 fully saturated rings. The van der Waals surface area contributed by atoms with E-state index in [0.29, 0.717) is 22.8 Å². The Labute approximate surface area is 121 Å². The van der Waals surface area contributed by atoms with Crippen LogP contribution in [-0.4, -0.2) is 17.1 Å². The Balaban J connectivity index is 2.33. The van der Waals surface area contributed by atoms with E-state index in [4.69, 9.17) is 9.47 Å². The van der Waals surface area contributed by atoms with Crippen molar-refractivity contribution >= 4 is 5.69 Å². The van der Waals surface area contributed by atoms with Gasteiger partial charge in [-0.05, 0) is 31.2 Å². The number of nitro benzene ring substituents is 1. The van der Waals surface area contributed by atoms with Gasteiger partial charge in [-0.2, -0.15) is 0 Å². The van der Waals surface area contributed by atoms with E-state index < -0.39 is 11.0 Å². The monoisotopic (exact) mass is 289 g/mol. The van der Waals surface area contributed by atoms with Crippen molar-refractivity contribution in [3.63, 3.8) is 0 Å². The molecule has 1 N–H and O–H groups in total. The predicted molar refractivity (Wildman–Crippen MR) is 76.8 cm³/mol. The number of rotatable bonds is 5. The highest BCUT2D eigenvalue weighted by molar-refractivity contribution is 5.48. The first-order chi connectivity index (χ1) is 10.0. The molecule has 0 radical (unpaired) electrons. The van der Waals surface area contributed by atoms with Gasteiger partial charge >= 0.3 is 0 Å². The summed E-state index contributed by atoms with van der Waals surface area (Å²) < 4.78 is 10.9. The number of aliphatic hydroxyl groups excluding tert-OH is 1. The quantitative estimate of drug-likeness (QED) is 0.673.